The number of hydrogen-bond donors (Lipinski definition) is 1. The fourth-order valence-corrected chi connectivity index (χ4v) is 6.07. The van der Waals surface area contributed by atoms with E-state index in [2.05, 4.69) is 46.1 Å². The molecule has 0 spiro atoms. The molecule has 0 bridgehead atoms. The average Bonchev–Trinajstić information content (AvgIpc) is 3.44. The first-order valence-electron chi connectivity index (χ1n) is 14.7. The first kappa shape index (κ1) is 28.4. The number of anilines is 1. The molecule has 214 valence electrons. The number of benzene rings is 2. The highest BCUT2D eigenvalue weighted by Gasteiger charge is 2.28. The zero-order chi connectivity index (χ0) is 27.7. The van der Waals surface area contributed by atoms with Crippen LogP contribution in [0.4, 0.5) is 5.69 Å². The molecule has 1 aliphatic carbocycles. The van der Waals surface area contributed by atoms with Crippen LogP contribution in [0.3, 0.4) is 0 Å². The molecule has 5 rings (SSSR count). The highest BCUT2D eigenvalue weighted by Crippen LogP contribution is 2.38. The van der Waals surface area contributed by atoms with Gasteiger partial charge < -0.3 is 24.0 Å². The molecule has 2 heterocycles. The molecule has 7 heteroatoms. The summed E-state index contributed by atoms with van der Waals surface area (Å²) in [7, 11) is 1.63. The molecule has 2 atom stereocenters. The van der Waals surface area contributed by atoms with Crippen LogP contribution in [-0.2, 0) is 11.3 Å². The van der Waals surface area contributed by atoms with Crippen molar-refractivity contribution in [1.82, 2.24) is 10.1 Å². The van der Waals surface area contributed by atoms with Crippen LogP contribution in [0.15, 0.2) is 59.1 Å². The van der Waals surface area contributed by atoms with E-state index in [9.17, 15) is 5.11 Å². The second-order valence-electron chi connectivity index (χ2n) is 11.2. The molecule has 0 amide bonds. The van der Waals surface area contributed by atoms with Crippen molar-refractivity contribution >= 4 is 17.8 Å². The maximum atomic E-state index is 10.9. The van der Waals surface area contributed by atoms with Gasteiger partial charge in [-0.1, -0.05) is 60.8 Å². The van der Waals surface area contributed by atoms with Crippen molar-refractivity contribution in [1.29, 1.82) is 0 Å². The maximum Gasteiger partial charge on any atom is 0.160 e. The Morgan fingerprint density at radius 1 is 1.05 bits per heavy atom. The van der Waals surface area contributed by atoms with Crippen molar-refractivity contribution in [2.75, 3.05) is 44.8 Å². The summed E-state index contributed by atoms with van der Waals surface area (Å²) >= 11 is 0. The van der Waals surface area contributed by atoms with Crippen LogP contribution in [-0.4, -0.2) is 67.2 Å². The van der Waals surface area contributed by atoms with E-state index in [1.807, 2.05) is 42.5 Å². The standard InChI is InChI=1S/C33H43N3O4/c1-25-21-36(32-14-8-7-13-31(32)26-10-4-3-5-11-26)19-18-35(25)22-29(37)24-39-33-15-9-6-12-27(33)16-17-30-20-28(23-38-2)34-40-30/h6-9,12-17,20,25-26,29,37H,3-5,10-11,18-19,21-24H2,1-2H3/b17-16+. The fraction of sp³-hybridized carbons (Fsp3) is 0.485. The number of piperazine rings is 1. The lowest BCUT2D eigenvalue weighted by molar-refractivity contribution is 0.0511. The van der Waals surface area contributed by atoms with Gasteiger partial charge in [-0.2, -0.15) is 0 Å². The molecule has 1 aromatic heterocycles. The van der Waals surface area contributed by atoms with Crippen LogP contribution in [0.2, 0.25) is 0 Å². The van der Waals surface area contributed by atoms with Crippen molar-refractivity contribution in [3.05, 3.63) is 77.2 Å². The Labute approximate surface area is 238 Å². The molecule has 1 N–H and O–H groups in total. The lowest BCUT2D eigenvalue weighted by Gasteiger charge is -2.43. The number of aliphatic hydroxyl groups is 1. The number of aromatic nitrogens is 1. The first-order chi connectivity index (χ1) is 19.6. The third-order valence-electron chi connectivity index (χ3n) is 8.18. The fourth-order valence-electron chi connectivity index (χ4n) is 6.07. The summed E-state index contributed by atoms with van der Waals surface area (Å²) in [6.45, 7) is 6.39. The molecule has 40 heavy (non-hydrogen) atoms. The minimum Gasteiger partial charge on any atom is -0.490 e. The van der Waals surface area contributed by atoms with Crippen LogP contribution in [0.5, 0.6) is 5.75 Å². The zero-order valence-electron chi connectivity index (χ0n) is 23.9. The molecule has 1 aliphatic heterocycles. The number of β-amino-alcohol motifs (C(OH)–C–C–N with tert-alkyl or cyclic N) is 1. The largest absolute Gasteiger partial charge is 0.490 e. The Bertz CT molecular complexity index is 1240. The Morgan fingerprint density at radius 2 is 1.85 bits per heavy atom. The Hall–Kier alpha value is -3.13. The second-order valence-corrected chi connectivity index (χ2v) is 11.2. The van der Waals surface area contributed by atoms with Crippen LogP contribution in [0.25, 0.3) is 12.2 Å². The van der Waals surface area contributed by atoms with E-state index in [0.717, 1.165) is 36.6 Å². The number of nitrogens with zero attached hydrogens (tertiary/aromatic N) is 3. The summed E-state index contributed by atoms with van der Waals surface area (Å²) in [6, 6.07) is 19.0. The molecule has 7 nitrogen and oxygen atoms in total. The lowest BCUT2D eigenvalue weighted by Crippen LogP contribution is -2.54. The van der Waals surface area contributed by atoms with E-state index in [1.54, 1.807) is 7.11 Å². The van der Waals surface area contributed by atoms with Gasteiger partial charge in [-0.25, -0.2) is 0 Å². The van der Waals surface area contributed by atoms with Crippen LogP contribution in [0.1, 0.15) is 67.5 Å². The van der Waals surface area contributed by atoms with E-state index in [-0.39, 0.29) is 6.61 Å². The highest BCUT2D eigenvalue weighted by atomic mass is 16.5. The first-order valence-corrected chi connectivity index (χ1v) is 14.7. The van der Waals surface area contributed by atoms with Gasteiger partial charge in [-0.3, -0.25) is 4.90 Å². The monoisotopic (exact) mass is 545 g/mol. The minimum absolute atomic E-state index is 0.239. The number of methoxy groups -OCH3 is 1. The van der Waals surface area contributed by atoms with Gasteiger partial charge >= 0.3 is 0 Å². The molecule has 1 saturated carbocycles. The summed E-state index contributed by atoms with van der Waals surface area (Å²) in [5.41, 5.74) is 4.61. The number of rotatable bonds is 11. The molecule has 2 aromatic carbocycles. The van der Waals surface area contributed by atoms with Crippen LogP contribution >= 0.6 is 0 Å². The molecule has 2 fully saturated rings. The van der Waals surface area contributed by atoms with Crippen LogP contribution in [0, 0.1) is 0 Å². The van der Waals surface area contributed by atoms with Crippen LogP contribution < -0.4 is 9.64 Å². The summed E-state index contributed by atoms with van der Waals surface area (Å²) in [6.07, 6.45) is 9.92. The van der Waals surface area contributed by atoms with E-state index in [1.165, 1.54) is 43.4 Å². The van der Waals surface area contributed by atoms with Gasteiger partial charge in [0.15, 0.2) is 5.76 Å². The van der Waals surface area contributed by atoms with Gasteiger partial charge in [-0.05, 0) is 55.5 Å². The van der Waals surface area contributed by atoms with Gasteiger partial charge in [0.1, 0.15) is 24.2 Å². The smallest absolute Gasteiger partial charge is 0.160 e. The van der Waals surface area contributed by atoms with Crippen molar-refractivity contribution in [3.8, 4) is 5.75 Å². The number of aliphatic hydroxyl groups excluding tert-OH is 1. The second kappa shape index (κ2) is 14.0. The summed E-state index contributed by atoms with van der Waals surface area (Å²) in [5.74, 6) is 2.07. The number of hydrogen-bond acceptors (Lipinski definition) is 7. The Kier molecular flexibility index (Phi) is 9.92. The number of ether oxygens (including phenoxy) is 2. The molecule has 2 unspecified atom stereocenters. The third-order valence-corrected chi connectivity index (χ3v) is 8.18. The Morgan fingerprint density at radius 3 is 2.67 bits per heavy atom. The van der Waals surface area contributed by atoms with Crippen molar-refractivity contribution in [2.24, 2.45) is 0 Å². The highest BCUT2D eigenvalue weighted by molar-refractivity contribution is 5.70. The molecule has 1 saturated heterocycles. The molecule has 0 radical (unpaired) electrons. The molecular formula is C33H43N3O4. The average molecular weight is 546 g/mol. The zero-order valence-corrected chi connectivity index (χ0v) is 23.9. The van der Waals surface area contributed by atoms with Crippen molar-refractivity contribution in [2.45, 2.75) is 63.7 Å². The molecular weight excluding hydrogens is 502 g/mol. The minimum atomic E-state index is -0.577. The van der Waals surface area contributed by atoms with Crippen molar-refractivity contribution < 1.29 is 19.1 Å². The topological polar surface area (TPSA) is 71.2 Å². The summed E-state index contributed by atoms with van der Waals surface area (Å²) < 4.78 is 16.5. The lowest BCUT2D eigenvalue weighted by atomic mass is 9.83. The quantitative estimate of drug-likeness (QED) is 0.317. The predicted octanol–water partition coefficient (Wildman–Crippen LogP) is 5.99. The Balaban J connectivity index is 1.13. The van der Waals surface area contributed by atoms with E-state index >= 15 is 0 Å². The number of para-hydroxylation sites is 2. The molecule has 2 aliphatic rings. The predicted molar refractivity (Wildman–Crippen MR) is 160 cm³/mol. The SMILES string of the molecule is COCc1cc(/C=C/c2ccccc2OCC(O)CN2CCN(c3ccccc3C3CCCCC3)CC2C)on1. The summed E-state index contributed by atoms with van der Waals surface area (Å²) in [5, 5.41) is 14.9. The molecule has 3 aromatic rings. The van der Waals surface area contributed by atoms with Gasteiger partial charge in [0.2, 0.25) is 0 Å². The third kappa shape index (κ3) is 7.33. The van der Waals surface area contributed by atoms with Gasteiger partial charge in [0.25, 0.3) is 0 Å². The normalized spacial score (nSPS) is 19.8. The van der Waals surface area contributed by atoms with Gasteiger partial charge in [0.05, 0.1) is 6.61 Å². The van der Waals surface area contributed by atoms with Gasteiger partial charge in [0, 0.05) is 56.6 Å². The maximum absolute atomic E-state index is 10.9. The van der Waals surface area contributed by atoms with Gasteiger partial charge in [-0.15, -0.1) is 0 Å². The van der Waals surface area contributed by atoms with E-state index < -0.39 is 6.10 Å². The van der Waals surface area contributed by atoms with Crippen molar-refractivity contribution in [3.63, 3.8) is 0 Å². The van der Waals surface area contributed by atoms with E-state index in [0.29, 0.717) is 30.9 Å². The summed E-state index contributed by atoms with van der Waals surface area (Å²) in [4.78, 5) is 4.95. The van der Waals surface area contributed by atoms with E-state index in [4.69, 9.17) is 14.0 Å².